The van der Waals surface area contributed by atoms with E-state index in [0.29, 0.717) is 0 Å². The molecule has 1 nitrogen and oxygen atoms in total. The van der Waals surface area contributed by atoms with E-state index < -0.39 is 0 Å². The largest absolute Gasteiger partial charge is 0.375 e. The molecule has 0 bridgehead atoms. The molecule has 0 aromatic heterocycles. The third kappa shape index (κ3) is 1.50. The van der Waals surface area contributed by atoms with Gasteiger partial charge in [-0.3, -0.25) is 0 Å². The zero-order chi connectivity index (χ0) is 7.40. The van der Waals surface area contributed by atoms with E-state index in [2.05, 4.69) is 24.0 Å². The minimum absolute atomic E-state index is 0.810. The first-order chi connectivity index (χ1) is 4.84. The van der Waals surface area contributed by atoms with Crippen molar-refractivity contribution in [3.05, 3.63) is 37.3 Å². The van der Waals surface area contributed by atoms with Gasteiger partial charge in [0, 0.05) is 19.3 Å². The van der Waals surface area contributed by atoms with Gasteiger partial charge in [0.05, 0.1) is 0 Å². The van der Waals surface area contributed by atoms with Crippen molar-refractivity contribution >= 4 is 5.69 Å². The van der Waals surface area contributed by atoms with Crippen molar-refractivity contribution in [2.75, 3.05) is 18.5 Å². The molecule has 0 N–H and O–H groups in total. The fourth-order valence-corrected chi connectivity index (χ4v) is 0.812. The van der Waals surface area contributed by atoms with Crippen LogP contribution < -0.4 is 4.90 Å². The summed E-state index contributed by atoms with van der Waals surface area (Å²) >= 11 is 0. The van der Waals surface area contributed by atoms with Gasteiger partial charge in [-0.05, 0) is 19.1 Å². The van der Waals surface area contributed by atoms with E-state index in [1.807, 2.05) is 25.2 Å². The molecule has 0 heterocycles. The maximum Gasteiger partial charge on any atom is 0.0363 e. The molecule has 53 valence electrons. The summed E-state index contributed by atoms with van der Waals surface area (Å²) in [5.41, 5.74) is 1.22. The lowest BCUT2D eigenvalue weighted by molar-refractivity contribution is 1.03. The molecule has 10 heavy (non-hydrogen) atoms. The normalized spacial score (nSPS) is 9.40. The van der Waals surface area contributed by atoms with Crippen LogP contribution in [0, 0.1) is 6.92 Å². The van der Waals surface area contributed by atoms with E-state index in [0.717, 1.165) is 6.54 Å². The summed E-state index contributed by atoms with van der Waals surface area (Å²) in [6.07, 6.45) is 0. The summed E-state index contributed by atoms with van der Waals surface area (Å²) in [4.78, 5) is 2.10. The molecule has 1 aromatic carbocycles. The predicted octanol–water partition coefficient (Wildman–Crippen LogP) is 1.96. The lowest BCUT2D eigenvalue weighted by Gasteiger charge is -2.15. The van der Waals surface area contributed by atoms with Gasteiger partial charge in [0.2, 0.25) is 0 Å². The molecule has 0 unspecified atom stereocenters. The molecule has 0 saturated heterocycles. The Morgan fingerprint density at radius 1 is 1.30 bits per heavy atom. The Balaban J connectivity index is 2.75. The van der Waals surface area contributed by atoms with Crippen LogP contribution in [0.15, 0.2) is 30.3 Å². The molecule has 1 rings (SSSR count). The molecular weight excluding hydrogens is 122 g/mol. The van der Waals surface area contributed by atoms with Gasteiger partial charge in [0.25, 0.3) is 0 Å². The van der Waals surface area contributed by atoms with E-state index in [9.17, 15) is 0 Å². The summed E-state index contributed by atoms with van der Waals surface area (Å²) in [5.74, 6) is 0. The number of hydrogen-bond donors (Lipinski definition) is 0. The maximum absolute atomic E-state index is 3.79. The quantitative estimate of drug-likeness (QED) is 0.597. The second-order valence-corrected chi connectivity index (χ2v) is 2.26. The Labute approximate surface area is 62.3 Å². The second kappa shape index (κ2) is 3.25. The van der Waals surface area contributed by atoms with E-state index in [-0.39, 0.29) is 0 Å². The van der Waals surface area contributed by atoms with Gasteiger partial charge in [-0.25, -0.2) is 0 Å². The van der Waals surface area contributed by atoms with Crippen LogP contribution in [0.1, 0.15) is 0 Å². The molecule has 0 atom stereocenters. The van der Waals surface area contributed by atoms with Crippen LogP contribution in [0.4, 0.5) is 5.69 Å². The Bertz CT molecular complexity index is 181. The molecular formula is C9H12N. The Morgan fingerprint density at radius 2 is 1.90 bits per heavy atom. The second-order valence-electron chi connectivity index (χ2n) is 2.26. The van der Waals surface area contributed by atoms with Crippen molar-refractivity contribution < 1.29 is 0 Å². The smallest absolute Gasteiger partial charge is 0.0363 e. The van der Waals surface area contributed by atoms with Crippen LogP contribution in [0.25, 0.3) is 0 Å². The third-order valence-electron chi connectivity index (χ3n) is 1.53. The Morgan fingerprint density at radius 3 is 2.40 bits per heavy atom. The van der Waals surface area contributed by atoms with Crippen molar-refractivity contribution in [1.82, 2.24) is 0 Å². The molecule has 1 heteroatoms. The highest BCUT2D eigenvalue weighted by atomic mass is 15.1. The van der Waals surface area contributed by atoms with Gasteiger partial charge >= 0.3 is 0 Å². The third-order valence-corrected chi connectivity index (χ3v) is 1.53. The highest BCUT2D eigenvalue weighted by Crippen LogP contribution is 2.09. The first-order valence-corrected chi connectivity index (χ1v) is 3.40. The fourth-order valence-electron chi connectivity index (χ4n) is 0.812. The van der Waals surface area contributed by atoms with E-state index in [1.165, 1.54) is 5.69 Å². The van der Waals surface area contributed by atoms with Gasteiger partial charge in [-0.15, -0.1) is 0 Å². The number of para-hydroxylation sites is 1. The van der Waals surface area contributed by atoms with Gasteiger partial charge in [0.15, 0.2) is 0 Å². The number of hydrogen-bond acceptors (Lipinski definition) is 1. The molecule has 1 aromatic rings. The highest BCUT2D eigenvalue weighted by molar-refractivity contribution is 5.44. The number of rotatable bonds is 2. The van der Waals surface area contributed by atoms with Crippen LogP contribution in [-0.4, -0.2) is 13.6 Å². The van der Waals surface area contributed by atoms with Crippen LogP contribution >= 0.6 is 0 Å². The summed E-state index contributed by atoms with van der Waals surface area (Å²) in [6.45, 7) is 4.60. The van der Waals surface area contributed by atoms with Crippen LogP contribution in [-0.2, 0) is 0 Å². The highest BCUT2D eigenvalue weighted by Gasteiger charge is 1.92. The Kier molecular flexibility index (Phi) is 2.32. The lowest BCUT2D eigenvalue weighted by atomic mass is 10.3. The van der Waals surface area contributed by atoms with Crippen LogP contribution in [0.2, 0.25) is 0 Å². The fraction of sp³-hybridized carbons (Fsp3) is 0.222. The van der Waals surface area contributed by atoms with Crippen LogP contribution in [0.3, 0.4) is 0 Å². The first kappa shape index (κ1) is 7.13. The average molecular weight is 134 g/mol. The first-order valence-electron chi connectivity index (χ1n) is 3.40. The molecule has 0 spiro atoms. The summed E-state index contributed by atoms with van der Waals surface area (Å²) < 4.78 is 0. The molecule has 0 aliphatic rings. The maximum atomic E-state index is 3.79. The van der Waals surface area contributed by atoms with Gasteiger partial charge in [-0.1, -0.05) is 18.2 Å². The van der Waals surface area contributed by atoms with E-state index in [4.69, 9.17) is 0 Å². The van der Waals surface area contributed by atoms with Gasteiger partial charge in [0.1, 0.15) is 0 Å². The van der Waals surface area contributed by atoms with Gasteiger partial charge in [-0.2, -0.15) is 0 Å². The molecule has 0 aliphatic heterocycles. The van der Waals surface area contributed by atoms with Crippen molar-refractivity contribution in [1.29, 1.82) is 0 Å². The van der Waals surface area contributed by atoms with Crippen molar-refractivity contribution in [3.63, 3.8) is 0 Å². The summed E-state index contributed by atoms with van der Waals surface area (Å²) in [6, 6.07) is 10.2. The average Bonchev–Trinajstić information content (AvgIpc) is 2.05. The molecule has 0 aliphatic carbocycles. The molecule has 0 amide bonds. The zero-order valence-electron chi connectivity index (χ0n) is 6.25. The van der Waals surface area contributed by atoms with E-state index >= 15 is 0 Å². The monoisotopic (exact) mass is 134 g/mol. The molecule has 0 saturated carbocycles. The minimum atomic E-state index is 0.810. The van der Waals surface area contributed by atoms with Crippen LogP contribution in [0.5, 0.6) is 0 Å². The SMILES string of the molecule is [CH2]CN(C)c1ccccc1. The van der Waals surface area contributed by atoms with E-state index in [1.54, 1.807) is 0 Å². The molecule has 1 radical (unpaired) electrons. The number of nitrogens with zero attached hydrogens (tertiary/aromatic N) is 1. The predicted molar refractivity (Wildman–Crippen MR) is 45.1 cm³/mol. The number of anilines is 1. The van der Waals surface area contributed by atoms with Gasteiger partial charge < -0.3 is 4.90 Å². The zero-order valence-corrected chi connectivity index (χ0v) is 6.25. The summed E-state index contributed by atoms with van der Waals surface area (Å²) in [7, 11) is 2.03. The standard InChI is InChI=1S/C9H12N/c1-3-10(2)9-7-5-4-6-8-9/h4-8H,1,3H2,2H3. The van der Waals surface area contributed by atoms with Crippen molar-refractivity contribution in [2.24, 2.45) is 0 Å². The lowest BCUT2D eigenvalue weighted by Crippen LogP contribution is -2.15. The Hall–Kier alpha value is -0.980. The minimum Gasteiger partial charge on any atom is -0.375 e. The number of benzene rings is 1. The molecule has 0 fully saturated rings. The summed E-state index contributed by atoms with van der Waals surface area (Å²) in [5, 5.41) is 0. The van der Waals surface area contributed by atoms with Crippen molar-refractivity contribution in [3.8, 4) is 0 Å². The topological polar surface area (TPSA) is 3.24 Å². The van der Waals surface area contributed by atoms with Crippen molar-refractivity contribution in [2.45, 2.75) is 0 Å².